The van der Waals surface area contributed by atoms with E-state index in [1.807, 2.05) is 0 Å². The van der Waals surface area contributed by atoms with Crippen LogP contribution in [0.2, 0.25) is 0 Å². The van der Waals surface area contributed by atoms with Gasteiger partial charge in [-0.05, 0) is 58.2 Å². The van der Waals surface area contributed by atoms with Crippen LogP contribution in [0.3, 0.4) is 0 Å². The maximum Gasteiger partial charge on any atom is 0.0288 e. The Balaban J connectivity index is 0.000000370. The first kappa shape index (κ1) is 19.9. The fraction of sp³-hybridized carbons (Fsp3) is 0.400. The van der Waals surface area contributed by atoms with Crippen molar-refractivity contribution in [1.29, 1.82) is 0 Å². The van der Waals surface area contributed by atoms with E-state index in [4.69, 9.17) is 0 Å². The Morgan fingerprint density at radius 3 is 1.19 bits per heavy atom. The molecule has 0 aliphatic rings. The fourth-order valence-electron chi connectivity index (χ4n) is 2.62. The Morgan fingerprint density at radius 1 is 0.619 bits per heavy atom. The van der Waals surface area contributed by atoms with Crippen LogP contribution in [-0.2, 0) is 5.33 Å². The summed E-state index contributed by atoms with van der Waals surface area (Å²) in [5, 5.41) is 0.963. The Hall–Kier alpha value is -1.08. The lowest BCUT2D eigenvalue weighted by molar-refractivity contribution is 1.22. The molecule has 21 heavy (non-hydrogen) atoms. The first-order valence-electron chi connectivity index (χ1n) is 7.01. The van der Waals surface area contributed by atoms with E-state index < -0.39 is 0 Å². The van der Waals surface area contributed by atoms with Crippen molar-refractivity contribution in [1.82, 2.24) is 0 Å². The van der Waals surface area contributed by atoms with Crippen molar-refractivity contribution in [2.45, 2.75) is 54.3 Å². The van der Waals surface area contributed by atoms with Gasteiger partial charge in [0.25, 0.3) is 0 Å². The molecule has 2 rings (SSSR count). The zero-order chi connectivity index (χ0) is 15.3. The molecule has 0 radical (unpaired) electrons. The number of rotatable bonds is 1. The van der Waals surface area contributed by atoms with Crippen molar-refractivity contribution in [3.63, 3.8) is 0 Å². The van der Waals surface area contributed by atoms with E-state index in [0.717, 1.165) is 5.33 Å². The summed E-state index contributed by atoms with van der Waals surface area (Å²) in [6.45, 7) is 12.8. The van der Waals surface area contributed by atoms with Crippen molar-refractivity contribution in [2.75, 3.05) is 0 Å². The topological polar surface area (TPSA) is 0 Å². The number of halogens is 1. The van der Waals surface area contributed by atoms with E-state index in [1.54, 1.807) is 0 Å². The van der Waals surface area contributed by atoms with Gasteiger partial charge in [-0.25, -0.2) is 0 Å². The van der Waals surface area contributed by atoms with Crippen LogP contribution in [0.1, 0.15) is 46.4 Å². The van der Waals surface area contributed by atoms with Gasteiger partial charge in [-0.15, -0.1) is 0 Å². The molecule has 0 amide bonds. The van der Waals surface area contributed by atoms with Crippen LogP contribution >= 0.6 is 15.9 Å². The van der Waals surface area contributed by atoms with Crippen LogP contribution in [0.5, 0.6) is 0 Å². The summed E-state index contributed by atoms with van der Waals surface area (Å²) in [6.07, 6.45) is 0. The highest BCUT2D eigenvalue weighted by molar-refractivity contribution is 9.08. The van der Waals surface area contributed by atoms with Crippen LogP contribution in [-0.4, -0.2) is 0 Å². The SMILES string of the molecule is C.Cc1cc(C)c(CBr)c(C)c1.Cc1cc(C)cc(C)c1. The minimum absolute atomic E-state index is 0. The van der Waals surface area contributed by atoms with E-state index in [9.17, 15) is 0 Å². The second-order valence-corrected chi connectivity index (χ2v) is 6.24. The summed E-state index contributed by atoms with van der Waals surface area (Å²) in [6, 6.07) is 11.0. The largest absolute Gasteiger partial charge is 0.0876 e. The minimum Gasteiger partial charge on any atom is -0.0876 e. The Kier molecular flexibility index (Phi) is 8.58. The molecule has 2 aromatic carbocycles. The van der Waals surface area contributed by atoms with Gasteiger partial charge < -0.3 is 0 Å². The van der Waals surface area contributed by atoms with Crippen LogP contribution in [0.15, 0.2) is 30.3 Å². The van der Waals surface area contributed by atoms with Crippen molar-refractivity contribution < 1.29 is 0 Å². The standard InChI is InChI=1S/C10H13Br.C9H12.CH4/c1-7-4-8(2)10(6-11)9(3)5-7;1-7-4-8(2)6-9(3)5-7;/h4-5H,6H2,1-3H3;4-6H,1-3H3;1H4. The number of hydrogen-bond donors (Lipinski definition) is 0. The molecular weight excluding hydrogens is 320 g/mol. The highest BCUT2D eigenvalue weighted by Gasteiger charge is 2.00. The van der Waals surface area contributed by atoms with Gasteiger partial charge >= 0.3 is 0 Å². The third-order valence-corrected chi connectivity index (χ3v) is 3.90. The fourth-order valence-corrected chi connectivity index (χ4v) is 3.51. The van der Waals surface area contributed by atoms with Gasteiger partial charge in [-0.2, -0.15) is 0 Å². The predicted octanol–water partition coefficient (Wildman–Crippen LogP) is 6.75. The summed E-state index contributed by atoms with van der Waals surface area (Å²) in [5.41, 5.74) is 9.62. The summed E-state index contributed by atoms with van der Waals surface area (Å²) < 4.78 is 0. The molecule has 0 unspecified atom stereocenters. The molecule has 2 aromatic rings. The van der Waals surface area contributed by atoms with Crippen LogP contribution in [0.25, 0.3) is 0 Å². The Morgan fingerprint density at radius 2 is 0.905 bits per heavy atom. The predicted molar refractivity (Wildman–Crippen MR) is 101 cm³/mol. The average molecular weight is 349 g/mol. The monoisotopic (exact) mass is 348 g/mol. The summed E-state index contributed by atoms with van der Waals surface area (Å²) in [4.78, 5) is 0. The maximum absolute atomic E-state index is 3.48. The molecule has 0 spiro atoms. The number of aryl methyl sites for hydroxylation is 6. The minimum atomic E-state index is 0. The summed E-state index contributed by atoms with van der Waals surface area (Å²) >= 11 is 3.48. The molecule has 0 aromatic heterocycles. The van der Waals surface area contributed by atoms with Crippen molar-refractivity contribution in [3.05, 3.63) is 69.3 Å². The van der Waals surface area contributed by atoms with Gasteiger partial charge in [0.05, 0.1) is 0 Å². The third kappa shape index (κ3) is 6.48. The molecule has 0 saturated carbocycles. The summed E-state index contributed by atoms with van der Waals surface area (Å²) in [7, 11) is 0. The van der Waals surface area contributed by atoms with E-state index >= 15 is 0 Å². The number of benzene rings is 2. The second-order valence-electron chi connectivity index (χ2n) is 5.68. The highest BCUT2D eigenvalue weighted by Crippen LogP contribution is 2.18. The number of hydrogen-bond acceptors (Lipinski definition) is 0. The smallest absolute Gasteiger partial charge is 0.0288 e. The van der Waals surface area contributed by atoms with E-state index in [2.05, 4.69) is 87.8 Å². The van der Waals surface area contributed by atoms with E-state index in [-0.39, 0.29) is 7.43 Å². The van der Waals surface area contributed by atoms with Gasteiger partial charge in [-0.3, -0.25) is 0 Å². The molecule has 0 N–H and O–H groups in total. The lowest BCUT2D eigenvalue weighted by Crippen LogP contribution is -1.90. The molecule has 0 atom stereocenters. The van der Waals surface area contributed by atoms with Gasteiger partial charge in [0.2, 0.25) is 0 Å². The molecule has 0 aliphatic carbocycles. The first-order chi connectivity index (χ1) is 9.33. The van der Waals surface area contributed by atoms with E-state index in [1.165, 1.54) is 38.9 Å². The molecule has 116 valence electrons. The quantitative estimate of drug-likeness (QED) is 0.499. The molecule has 0 fully saturated rings. The zero-order valence-electron chi connectivity index (χ0n) is 13.5. The normalized spacial score (nSPS) is 9.48. The summed E-state index contributed by atoms with van der Waals surface area (Å²) in [5.74, 6) is 0. The highest BCUT2D eigenvalue weighted by atomic mass is 79.9. The van der Waals surface area contributed by atoms with Crippen LogP contribution in [0.4, 0.5) is 0 Å². The third-order valence-electron chi connectivity index (χ3n) is 3.34. The molecule has 0 aliphatic heterocycles. The lowest BCUT2D eigenvalue weighted by atomic mass is 10.0. The van der Waals surface area contributed by atoms with Gasteiger partial charge in [-0.1, -0.05) is 75.9 Å². The van der Waals surface area contributed by atoms with Gasteiger partial charge in [0.15, 0.2) is 0 Å². The first-order valence-corrected chi connectivity index (χ1v) is 8.13. The molecule has 0 bridgehead atoms. The molecule has 0 nitrogen and oxygen atoms in total. The van der Waals surface area contributed by atoms with Gasteiger partial charge in [0.1, 0.15) is 0 Å². The van der Waals surface area contributed by atoms with Crippen LogP contribution in [0, 0.1) is 41.5 Å². The van der Waals surface area contributed by atoms with Gasteiger partial charge in [0, 0.05) is 5.33 Å². The van der Waals surface area contributed by atoms with Crippen molar-refractivity contribution in [3.8, 4) is 0 Å². The Bertz CT molecular complexity index is 509. The van der Waals surface area contributed by atoms with Crippen LogP contribution < -0.4 is 0 Å². The molecular formula is C20H29Br. The van der Waals surface area contributed by atoms with Crippen molar-refractivity contribution >= 4 is 15.9 Å². The van der Waals surface area contributed by atoms with E-state index in [0.29, 0.717) is 0 Å². The molecule has 1 heteroatoms. The maximum atomic E-state index is 3.48. The second kappa shape index (κ2) is 9.04. The lowest BCUT2D eigenvalue weighted by Gasteiger charge is -2.07. The number of alkyl halides is 1. The zero-order valence-corrected chi connectivity index (χ0v) is 15.1. The molecule has 0 heterocycles. The average Bonchev–Trinajstić information content (AvgIpc) is 2.26. The Labute approximate surface area is 139 Å². The van der Waals surface area contributed by atoms with Crippen molar-refractivity contribution in [2.24, 2.45) is 0 Å². The molecule has 0 saturated heterocycles.